The number of ether oxygens (including phenoxy) is 2. The number of hydrogen-bond acceptors (Lipinski definition) is 3. The van der Waals surface area contributed by atoms with Crippen LogP contribution in [0.2, 0.25) is 0 Å². The van der Waals surface area contributed by atoms with Crippen molar-refractivity contribution in [2.45, 2.75) is 38.2 Å². The lowest BCUT2D eigenvalue weighted by Gasteiger charge is -2.20. The van der Waals surface area contributed by atoms with Gasteiger partial charge in [0.25, 0.3) is 0 Å². The molecule has 0 heterocycles. The molecule has 1 saturated carbocycles. The topological polar surface area (TPSA) is 35.5 Å². The van der Waals surface area contributed by atoms with E-state index in [1.807, 2.05) is 0 Å². The summed E-state index contributed by atoms with van der Waals surface area (Å²) in [6, 6.07) is 0. The fourth-order valence-electron chi connectivity index (χ4n) is 1.42. The van der Waals surface area contributed by atoms with Gasteiger partial charge in [0.15, 0.2) is 0 Å². The van der Waals surface area contributed by atoms with Gasteiger partial charge in [0.05, 0.1) is 19.5 Å². The monoisotopic (exact) mass is 212 g/mol. The van der Waals surface area contributed by atoms with E-state index in [0.29, 0.717) is 6.10 Å². The van der Waals surface area contributed by atoms with Crippen LogP contribution in [0.1, 0.15) is 32.1 Å². The second-order valence-corrected chi connectivity index (χ2v) is 3.29. The quantitative estimate of drug-likeness (QED) is 0.410. The molecule has 0 aromatic heterocycles. The van der Waals surface area contributed by atoms with Crippen LogP contribution in [0.3, 0.4) is 0 Å². The molecule has 1 rings (SSSR count). The van der Waals surface area contributed by atoms with E-state index in [4.69, 9.17) is 4.74 Å². The number of rotatable bonds is 3. The molecule has 0 N–H and O–H groups in total. The molecule has 1 aliphatic rings. The van der Waals surface area contributed by atoms with Crippen molar-refractivity contribution in [1.29, 1.82) is 0 Å². The minimum Gasteiger partial charge on any atom is -0.499 e. The van der Waals surface area contributed by atoms with Crippen molar-refractivity contribution in [2.75, 3.05) is 7.11 Å². The summed E-state index contributed by atoms with van der Waals surface area (Å²) >= 11 is 0. The van der Waals surface area contributed by atoms with E-state index in [1.54, 1.807) is 6.26 Å². The Morgan fingerprint density at radius 3 is 2.20 bits per heavy atom. The summed E-state index contributed by atoms with van der Waals surface area (Å²) in [6.07, 6.45) is 9.67. The molecule has 86 valence electrons. The van der Waals surface area contributed by atoms with E-state index in [1.165, 1.54) is 39.2 Å². The van der Waals surface area contributed by atoms with Gasteiger partial charge in [-0.1, -0.05) is 19.6 Å². The van der Waals surface area contributed by atoms with Gasteiger partial charge in [0.1, 0.15) is 0 Å². The van der Waals surface area contributed by atoms with Gasteiger partial charge in [-0.15, -0.1) is 0 Å². The largest absolute Gasteiger partial charge is 0.499 e. The Morgan fingerprint density at radius 1 is 1.27 bits per heavy atom. The lowest BCUT2D eigenvalue weighted by atomic mass is 9.98. The van der Waals surface area contributed by atoms with Gasteiger partial charge in [0.2, 0.25) is 0 Å². The average Bonchev–Trinajstić information content (AvgIpc) is 2.31. The molecule has 0 radical (unpaired) electrons. The van der Waals surface area contributed by atoms with Gasteiger partial charge >= 0.3 is 5.97 Å². The van der Waals surface area contributed by atoms with Crippen LogP contribution < -0.4 is 0 Å². The van der Waals surface area contributed by atoms with E-state index in [2.05, 4.69) is 17.9 Å². The summed E-state index contributed by atoms with van der Waals surface area (Å²) in [4.78, 5) is 9.84. The molecule has 0 aromatic carbocycles. The Balaban J connectivity index is 0.000000288. The predicted molar refractivity (Wildman–Crippen MR) is 60.4 cm³/mol. The zero-order chi connectivity index (χ0) is 11.5. The highest BCUT2D eigenvalue weighted by Gasteiger charge is 2.11. The molecule has 0 aromatic rings. The van der Waals surface area contributed by atoms with Crippen molar-refractivity contribution in [2.24, 2.45) is 0 Å². The molecule has 0 unspecified atom stereocenters. The molecule has 3 nitrogen and oxygen atoms in total. The van der Waals surface area contributed by atoms with E-state index >= 15 is 0 Å². The van der Waals surface area contributed by atoms with Crippen molar-refractivity contribution in [3.8, 4) is 0 Å². The maximum absolute atomic E-state index is 9.84. The fraction of sp³-hybridized carbons (Fsp3) is 0.583. The SMILES string of the molecule is C=CC(=O)OC.C=COC1CCCCC1. The predicted octanol–water partition coefficient (Wildman–Crippen LogP) is 2.82. The molecule has 0 aliphatic heterocycles. The van der Waals surface area contributed by atoms with Crippen LogP contribution in [0, 0.1) is 0 Å². The lowest BCUT2D eigenvalue weighted by molar-refractivity contribution is -0.134. The summed E-state index contributed by atoms with van der Waals surface area (Å²) in [5, 5.41) is 0. The Morgan fingerprint density at radius 2 is 1.87 bits per heavy atom. The molecule has 1 fully saturated rings. The highest BCUT2D eigenvalue weighted by atomic mass is 16.5. The normalized spacial score (nSPS) is 15.5. The van der Waals surface area contributed by atoms with Crippen LogP contribution in [0.4, 0.5) is 0 Å². The van der Waals surface area contributed by atoms with Gasteiger partial charge in [0, 0.05) is 6.08 Å². The van der Waals surface area contributed by atoms with Crippen molar-refractivity contribution >= 4 is 5.97 Å². The maximum atomic E-state index is 9.84. The second kappa shape index (κ2) is 9.31. The number of methoxy groups -OCH3 is 1. The van der Waals surface area contributed by atoms with E-state index in [0.717, 1.165) is 6.08 Å². The molecule has 15 heavy (non-hydrogen) atoms. The molecule has 0 saturated heterocycles. The molecule has 1 aliphatic carbocycles. The third kappa shape index (κ3) is 7.79. The summed E-state index contributed by atoms with van der Waals surface area (Å²) in [5.74, 6) is -0.394. The smallest absolute Gasteiger partial charge is 0.329 e. The molecule has 3 heteroatoms. The Kier molecular flexibility index (Phi) is 8.53. The number of carbonyl (C=O) groups is 1. The first kappa shape index (κ1) is 13.8. The van der Waals surface area contributed by atoms with E-state index < -0.39 is 5.97 Å². The fourth-order valence-corrected chi connectivity index (χ4v) is 1.42. The zero-order valence-corrected chi connectivity index (χ0v) is 9.41. The minimum atomic E-state index is -0.394. The molecule has 0 spiro atoms. The lowest BCUT2D eigenvalue weighted by Crippen LogP contribution is -2.13. The van der Waals surface area contributed by atoms with Crippen molar-refractivity contribution in [3.63, 3.8) is 0 Å². The highest BCUT2D eigenvalue weighted by Crippen LogP contribution is 2.19. The van der Waals surface area contributed by atoms with Crippen LogP contribution in [-0.4, -0.2) is 19.2 Å². The van der Waals surface area contributed by atoms with Gasteiger partial charge < -0.3 is 9.47 Å². The maximum Gasteiger partial charge on any atom is 0.329 e. The zero-order valence-electron chi connectivity index (χ0n) is 9.41. The van der Waals surface area contributed by atoms with Gasteiger partial charge in [-0.25, -0.2) is 4.79 Å². The van der Waals surface area contributed by atoms with Crippen LogP contribution >= 0.6 is 0 Å². The van der Waals surface area contributed by atoms with Crippen LogP contribution in [0.25, 0.3) is 0 Å². The van der Waals surface area contributed by atoms with E-state index in [-0.39, 0.29) is 0 Å². The third-order valence-corrected chi connectivity index (χ3v) is 2.21. The van der Waals surface area contributed by atoms with Crippen LogP contribution in [0.15, 0.2) is 25.5 Å². The second-order valence-electron chi connectivity index (χ2n) is 3.29. The number of esters is 1. The third-order valence-electron chi connectivity index (χ3n) is 2.21. The summed E-state index contributed by atoms with van der Waals surface area (Å²) in [7, 11) is 1.31. The van der Waals surface area contributed by atoms with Crippen LogP contribution in [0.5, 0.6) is 0 Å². The molecule has 0 amide bonds. The Bertz CT molecular complexity index is 193. The first-order valence-corrected chi connectivity index (χ1v) is 5.21. The van der Waals surface area contributed by atoms with Gasteiger partial charge in [-0.2, -0.15) is 0 Å². The molecular formula is C12H20O3. The summed E-state index contributed by atoms with van der Waals surface area (Å²) in [5.41, 5.74) is 0. The van der Waals surface area contributed by atoms with Crippen LogP contribution in [-0.2, 0) is 14.3 Å². The minimum absolute atomic E-state index is 0.394. The van der Waals surface area contributed by atoms with Crippen molar-refractivity contribution < 1.29 is 14.3 Å². The van der Waals surface area contributed by atoms with Gasteiger partial charge in [-0.05, 0) is 25.7 Å². The summed E-state index contributed by atoms with van der Waals surface area (Å²) in [6.45, 7) is 6.69. The molecule has 0 bridgehead atoms. The number of carbonyl (C=O) groups excluding carboxylic acids is 1. The van der Waals surface area contributed by atoms with E-state index in [9.17, 15) is 4.79 Å². The first-order valence-electron chi connectivity index (χ1n) is 5.21. The van der Waals surface area contributed by atoms with Gasteiger partial charge in [-0.3, -0.25) is 0 Å². The Labute approximate surface area is 91.8 Å². The molecule has 0 atom stereocenters. The summed E-state index contributed by atoms with van der Waals surface area (Å²) < 4.78 is 9.39. The Hall–Kier alpha value is -1.25. The standard InChI is InChI=1S/C8H14O.C4H6O2/c1-2-9-8-6-4-3-5-7-8;1-3-4(5)6-2/h2,8H,1,3-7H2;3H,1H2,2H3. The number of hydrogen-bond donors (Lipinski definition) is 0. The first-order chi connectivity index (χ1) is 7.24. The van der Waals surface area contributed by atoms with Crippen molar-refractivity contribution in [3.05, 3.63) is 25.5 Å². The van der Waals surface area contributed by atoms with Crippen molar-refractivity contribution in [1.82, 2.24) is 0 Å². The molecular weight excluding hydrogens is 192 g/mol. The highest BCUT2D eigenvalue weighted by molar-refractivity contribution is 5.80. The average molecular weight is 212 g/mol.